The first-order valence-electron chi connectivity index (χ1n) is 16.5. The zero-order valence-corrected chi connectivity index (χ0v) is 27.4. The average Bonchev–Trinajstić information content (AvgIpc) is 3.76. The molecule has 1 unspecified atom stereocenters. The van der Waals surface area contributed by atoms with Crippen LogP contribution in [0.4, 0.5) is 0 Å². The lowest BCUT2D eigenvalue weighted by Crippen LogP contribution is -2.62. The number of fused-ring (bicyclic) bond motifs is 4. The lowest BCUT2D eigenvalue weighted by molar-refractivity contribution is -0.337. The van der Waals surface area contributed by atoms with Gasteiger partial charge in [-0.1, -0.05) is 19.9 Å². The third-order valence-corrected chi connectivity index (χ3v) is 11.5. The van der Waals surface area contributed by atoms with E-state index < -0.39 is 110 Å². The molecule has 3 saturated heterocycles. The fourth-order valence-electron chi connectivity index (χ4n) is 8.77. The van der Waals surface area contributed by atoms with Gasteiger partial charge in [-0.3, -0.25) is 4.79 Å². The maximum atomic E-state index is 13.4. The third kappa shape index (κ3) is 6.14. The molecule has 49 heavy (non-hydrogen) atoms. The molecule has 2 aliphatic carbocycles. The van der Waals surface area contributed by atoms with Crippen molar-refractivity contribution in [1.29, 1.82) is 0 Å². The fraction of sp³-hybridized carbons (Fsp3) is 0.758. The summed E-state index contributed by atoms with van der Waals surface area (Å²) in [6, 6.07) is 1.66. The van der Waals surface area contributed by atoms with Crippen LogP contribution in [-0.2, 0) is 38.0 Å². The first kappa shape index (κ1) is 36.3. The number of furan rings is 1. The van der Waals surface area contributed by atoms with Crippen LogP contribution in [0, 0.1) is 22.7 Å². The van der Waals surface area contributed by atoms with Crippen LogP contribution in [0.3, 0.4) is 0 Å². The van der Waals surface area contributed by atoms with E-state index >= 15 is 0 Å². The maximum absolute atomic E-state index is 13.4. The van der Waals surface area contributed by atoms with Crippen molar-refractivity contribution >= 4 is 11.9 Å². The van der Waals surface area contributed by atoms with E-state index in [4.69, 9.17) is 32.8 Å². The van der Waals surface area contributed by atoms with E-state index in [0.29, 0.717) is 30.4 Å². The van der Waals surface area contributed by atoms with Gasteiger partial charge < -0.3 is 68.6 Å². The maximum Gasteiger partial charge on any atom is 0.334 e. The molecule has 1 aromatic rings. The second-order valence-corrected chi connectivity index (χ2v) is 14.2. The van der Waals surface area contributed by atoms with E-state index in [1.54, 1.807) is 6.07 Å². The molecule has 274 valence electrons. The molecule has 0 spiro atoms. The van der Waals surface area contributed by atoms with E-state index in [2.05, 4.69) is 0 Å². The highest BCUT2D eigenvalue weighted by atomic mass is 16.7. The van der Waals surface area contributed by atoms with E-state index in [-0.39, 0.29) is 18.3 Å². The number of aliphatic hydroxyl groups excluding tert-OH is 7. The van der Waals surface area contributed by atoms with Gasteiger partial charge in [-0.2, -0.15) is 0 Å². The van der Waals surface area contributed by atoms with Crippen LogP contribution < -0.4 is 0 Å². The van der Waals surface area contributed by atoms with Crippen molar-refractivity contribution in [3.63, 3.8) is 0 Å². The Kier molecular flexibility index (Phi) is 10.3. The van der Waals surface area contributed by atoms with E-state index in [1.165, 1.54) is 19.6 Å². The molecule has 16 nitrogen and oxygen atoms in total. The van der Waals surface area contributed by atoms with Gasteiger partial charge in [0.05, 0.1) is 44.9 Å². The lowest BCUT2D eigenvalue weighted by Gasteiger charge is -2.56. The highest BCUT2D eigenvalue weighted by Gasteiger charge is 2.67. The molecule has 0 radical (unpaired) electrons. The van der Waals surface area contributed by atoms with Crippen LogP contribution in [0.1, 0.15) is 51.2 Å². The molecular weight excluding hydrogens is 652 g/mol. The molecule has 2 bridgehead atoms. The summed E-state index contributed by atoms with van der Waals surface area (Å²) in [5.74, 6) is -1.62. The summed E-state index contributed by atoms with van der Waals surface area (Å²) in [6.07, 6.45) is -10.7. The smallest absolute Gasteiger partial charge is 0.334 e. The number of rotatable bonds is 10. The minimum Gasteiger partial charge on any atom is -0.472 e. The predicted octanol–water partition coefficient (Wildman–Crippen LogP) is -1.18. The van der Waals surface area contributed by atoms with Gasteiger partial charge in [0, 0.05) is 16.6 Å². The molecule has 3 aliphatic heterocycles. The number of carbonyl (C=O) groups excluding carboxylic acids is 2. The highest BCUT2D eigenvalue weighted by molar-refractivity contribution is 5.91. The van der Waals surface area contributed by atoms with Gasteiger partial charge in [0.25, 0.3) is 0 Å². The summed E-state index contributed by atoms with van der Waals surface area (Å²) >= 11 is 0. The summed E-state index contributed by atoms with van der Waals surface area (Å²) in [4.78, 5) is 26.4. The normalized spacial score (nSPS) is 45.6. The minimum absolute atomic E-state index is 0.186. The Morgan fingerprint density at radius 2 is 1.65 bits per heavy atom. The zero-order valence-electron chi connectivity index (χ0n) is 27.4. The zero-order chi connectivity index (χ0) is 35.4. The van der Waals surface area contributed by atoms with Gasteiger partial charge in [0.15, 0.2) is 12.6 Å². The quantitative estimate of drug-likeness (QED) is 0.142. The summed E-state index contributed by atoms with van der Waals surface area (Å²) in [6.45, 7) is 2.69. The average molecular weight is 699 g/mol. The van der Waals surface area contributed by atoms with Gasteiger partial charge in [-0.05, 0) is 43.1 Å². The van der Waals surface area contributed by atoms with Crippen LogP contribution in [0.2, 0.25) is 0 Å². The predicted molar refractivity (Wildman–Crippen MR) is 161 cm³/mol. The monoisotopic (exact) mass is 698 g/mol. The van der Waals surface area contributed by atoms with Crippen molar-refractivity contribution in [2.75, 3.05) is 20.3 Å². The number of hydrogen-bond donors (Lipinski definition) is 7. The van der Waals surface area contributed by atoms with Crippen molar-refractivity contribution in [2.45, 2.75) is 113 Å². The van der Waals surface area contributed by atoms with Gasteiger partial charge in [0.1, 0.15) is 54.9 Å². The molecule has 4 heterocycles. The summed E-state index contributed by atoms with van der Waals surface area (Å²) in [5, 5.41) is 72.6. The minimum atomic E-state index is -1.77. The van der Waals surface area contributed by atoms with Crippen molar-refractivity contribution in [3.05, 3.63) is 35.8 Å². The van der Waals surface area contributed by atoms with E-state index in [1.807, 2.05) is 19.9 Å². The lowest BCUT2D eigenvalue weighted by atomic mass is 9.46. The van der Waals surface area contributed by atoms with Gasteiger partial charge in [-0.25, -0.2) is 4.79 Å². The van der Waals surface area contributed by atoms with Crippen LogP contribution in [0.25, 0.3) is 0 Å². The fourth-order valence-corrected chi connectivity index (χ4v) is 8.77. The summed E-state index contributed by atoms with van der Waals surface area (Å²) in [7, 11) is 1.31. The molecule has 5 aliphatic rings. The number of methoxy groups -OCH3 is 1. The first-order chi connectivity index (χ1) is 23.3. The summed E-state index contributed by atoms with van der Waals surface area (Å²) in [5.41, 5.74) is -0.654. The number of esters is 2. The Morgan fingerprint density at radius 3 is 2.31 bits per heavy atom. The van der Waals surface area contributed by atoms with Crippen LogP contribution in [0.5, 0.6) is 0 Å². The van der Waals surface area contributed by atoms with Gasteiger partial charge in [0.2, 0.25) is 0 Å². The molecule has 7 N–H and O–H groups in total. The Bertz CT molecular complexity index is 1370. The number of ether oxygens (including phenoxy) is 6. The number of allylic oxidation sites excluding steroid dienone is 1. The van der Waals surface area contributed by atoms with Crippen LogP contribution in [0.15, 0.2) is 34.7 Å². The largest absolute Gasteiger partial charge is 0.472 e. The summed E-state index contributed by atoms with van der Waals surface area (Å²) < 4.78 is 39.7. The number of carbonyl (C=O) groups is 2. The standard InChI is InChI=1S/C33H46O16/c1-32(16-9-21(49-29(16)42)33(2)15(28(41)43-3)5-4-6-20(32)33)10-17(14-7-8-44-12-14)46-31-27(40)25(38)23(36)19(48-31)13-45-30-26(39)24(37)22(35)18(11-34)47-30/h5,7-8,12,16-27,30-31,34-40H,4,6,9-11,13H2,1-3H3/t16-,17?,18+,19+,20-,21-,22+,23+,24-,25-,26+,27+,30+,31+,32+,33-/m0/s1. The Labute approximate surface area is 282 Å². The topological polar surface area (TPSA) is 244 Å². The molecule has 4 fully saturated rings. The Hall–Kier alpha value is -2.48. The molecule has 0 aromatic carbocycles. The molecular formula is C33H46O16. The Balaban J connectivity index is 1.24. The third-order valence-electron chi connectivity index (χ3n) is 11.5. The highest BCUT2D eigenvalue weighted by Crippen LogP contribution is 2.66. The van der Waals surface area contributed by atoms with Crippen molar-refractivity contribution in [2.24, 2.45) is 22.7 Å². The van der Waals surface area contributed by atoms with Crippen molar-refractivity contribution in [1.82, 2.24) is 0 Å². The SMILES string of the molecule is COC(=O)C1=CCC[C@H]2[C@](C)(CC(O[C@@H]3O[C@H](CO[C@@H]4O[C@H](CO)[C@@H](O)[C@H](O)[C@H]4O)[C@@H](O)[C@H](O)[C@H]3O)c3ccoc3)[C@H]3C[C@H](OC3=O)[C@@]12C. The molecule has 1 saturated carbocycles. The van der Waals surface area contributed by atoms with E-state index in [9.17, 15) is 45.3 Å². The van der Waals surface area contributed by atoms with Crippen LogP contribution in [-0.4, -0.2) is 136 Å². The molecule has 0 amide bonds. The molecule has 1 aromatic heterocycles. The van der Waals surface area contributed by atoms with Crippen molar-refractivity contribution < 1.29 is 78.2 Å². The van der Waals surface area contributed by atoms with Gasteiger partial charge in [-0.15, -0.1) is 0 Å². The number of aliphatic hydroxyl groups is 7. The molecule has 6 rings (SSSR count). The second kappa shape index (κ2) is 13.9. The molecule has 16 heteroatoms. The Morgan fingerprint density at radius 1 is 0.980 bits per heavy atom. The number of hydrogen-bond acceptors (Lipinski definition) is 16. The first-order valence-corrected chi connectivity index (χ1v) is 16.5. The van der Waals surface area contributed by atoms with Crippen molar-refractivity contribution in [3.8, 4) is 0 Å². The second-order valence-electron chi connectivity index (χ2n) is 14.2. The van der Waals surface area contributed by atoms with Crippen LogP contribution >= 0.6 is 0 Å². The molecule has 16 atom stereocenters. The van der Waals surface area contributed by atoms with Gasteiger partial charge >= 0.3 is 11.9 Å². The van der Waals surface area contributed by atoms with E-state index in [0.717, 1.165) is 0 Å².